The SMILES string of the molecule is Nc1ccncc1CCC1CCOC1. The third kappa shape index (κ3) is 2.23. The molecule has 1 unspecified atom stereocenters. The number of pyridine rings is 1. The van der Waals surface area contributed by atoms with E-state index in [1.54, 1.807) is 6.20 Å². The zero-order valence-electron chi connectivity index (χ0n) is 8.28. The second-order valence-electron chi connectivity index (χ2n) is 3.84. The molecule has 0 aromatic carbocycles. The molecule has 3 heteroatoms. The average Bonchev–Trinajstić information content (AvgIpc) is 2.69. The van der Waals surface area contributed by atoms with Gasteiger partial charge in [-0.15, -0.1) is 0 Å². The van der Waals surface area contributed by atoms with E-state index in [4.69, 9.17) is 10.5 Å². The van der Waals surface area contributed by atoms with Crippen LogP contribution in [0.25, 0.3) is 0 Å². The standard InChI is InChI=1S/C11H16N2O/c12-11-3-5-13-7-10(11)2-1-9-4-6-14-8-9/h3,5,7,9H,1-2,4,6,8H2,(H2,12,13). The highest BCUT2D eigenvalue weighted by molar-refractivity contribution is 5.44. The number of rotatable bonds is 3. The molecule has 1 atom stereocenters. The van der Waals surface area contributed by atoms with Crippen LogP contribution in [-0.4, -0.2) is 18.2 Å². The Labute approximate surface area is 84.3 Å². The Morgan fingerprint density at radius 2 is 2.50 bits per heavy atom. The molecule has 76 valence electrons. The quantitative estimate of drug-likeness (QED) is 0.791. The van der Waals surface area contributed by atoms with Crippen LogP contribution in [0.2, 0.25) is 0 Å². The highest BCUT2D eigenvalue weighted by atomic mass is 16.5. The molecule has 2 N–H and O–H groups in total. The number of nitrogens with zero attached hydrogens (tertiary/aromatic N) is 1. The predicted molar refractivity (Wildman–Crippen MR) is 55.9 cm³/mol. The van der Waals surface area contributed by atoms with Gasteiger partial charge in [-0.1, -0.05) is 0 Å². The van der Waals surface area contributed by atoms with Gasteiger partial charge in [0.25, 0.3) is 0 Å². The molecule has 1 aromatic heterocycles. The van der Waals surface area contributed by atoms with E-state index in [1.165, 1.54) is 12.0 Å². The maximum atomic E-state index is 5.83. The molecule has 1 saturated heterocycles. The highest BCUT2D eigenvalue weighted by Gasteiger charge is 2.15. The first-order valence-corrected chi connectivity index (χ1v) is 5.12. The van der Waals surface area contributed by atoms with Crippen LogP contribution in [0.1, 0.15) is 18.4 Å². The van der Waals surface area contributed by atoms with Gasteiger partial charge in [0.2, 0.25) is 0 Å². The maximum Gasteiger partial charge on any atom is 0.0495 e. The minimum Gasteiger partial charge on any atom is -0.398 e. The van der Waals surface area contributed by atoms with Crippen molar-refractivity contribution < 1.29 is 4.74 Å². The molecule has 14 heavy (non-hydrogen) atoms. The Balaban J connectivity index is 1.88. The molecule has 1 aromatic rings. The van der Waals surface area contributed by atoms with Crippen molar-refractivity contribution in [1.82, 2.24) is 4.98 Å². The number of hydrogen-bond acceptors (Lipinski definition) is 3. The molecule has 1 aliphatic rings. The summed E-state index contributed by atoms with van der Waals surface area (Å²) in [5.41, 5.74) is 7.86. The Morgan fingerprint density at radius 1 is 1.57 bits per heavy atom. The topological polar surface area (TPSA) is 48.1 Å². The monoisotopic (exact) mass is 192 g/mol. The van der Waals surface area contributed by atoms with Crippen molar-refractivity contribution in [3.63, 3.8) is 0 Å². The van der Waals surface area contributed by atoms with Gasteiger partial charge in [-0.05, 0) is 36.8 Å². The van der Waals surface area contributed by atoms with E-state index in [1.807, 2.05) is 12.3 Å². The number of ether oxygens (including phenoxy) is 1. The number of hydrogen-bond donors (Lipinski definition) is 1. The normalized spacial score (nSPS) is 21.3. The van der Waals surface area contributed by atoms with E-state index in [0.717, 1.165) is 37.7 Å². The molecule has 0 saturated carbocycles. The van der Waals surface area contributed by atoms with Gasteiger partial charge < -0.3 is 10.5 Å². The lowest BCUT2D eigenvalue weighted by molar-refractivity contribution is 0.184. The first kappa shape index (κ1) is 9.46. The van der Waals surface area contributed by atoms with E-state index in [9.17, 15) is 0 Å². The summed E-state index contributed by atoms with van der Waals surface area (Å²) in [7, 11) is 0. The van der Waals surface area contributed by atoms with Crippen molar-refractivity contribution >= 4 is 5.69 Å². The Kier molecular flexibility index (Phi) is 2.99. The summed E-state index contributed by atoms with van der Waals surface area (Å²) in [5, 5.41) is 0. The minimum atomic E-state index is 0.717. The van der Waals surface area contributed by atoms with E-state index in [0.29, 0.717) is 0 Å². The van der Waals surface area contributed by atoms with Gasteiger partial charge in [0.15, 0.2) is 0 Å². The van der Waals surface area contributed by atoms with Crippen molar-refractivity contribution in [1.29, 1.82) is 0 Å². The summed E-state index contributed by atoms with van der Waals surface area (Å²) in [6.07, 6.45) is 6.98. The van der Waals surface area contributed by atoms with E-state index >= 15 is 0 Å². The van der Waals surface area contributed by atoms with Crippen LogP contribution in [0.4, 0.5) is 5.69 Å². The molecule has 1 aliphatic heterocycles. The molecular formula is C11H16N2O. The fraction of sp³-hybridized carbons (Fsp3) is 0.545. The maximum absolute atomic E-state index is 5.83. The molecule has 2 rings (SSSR count). The zero-order valence-corrected chi connectivity index (χ0v) is 8.28. The van der Waals surface area contributed by atoms with Crippen LogP contribution in [0.15, 0.2) is 18.5 Å². The number of nitrogen functional groups attached to an aromatic ring is 1. The summed E-state index contributed by atoms with van der Waals surface area (Å²) in [6.45, 7) is 1.84. The second kappa shape index (κ2) is 4.42. The predicted octanol–water partition coefficient (Wildman–Crippen LogP) is 1.63. The van der Waals surface area contributed by atoms with Gasteiger partial charge in [0.1, 0.15) is 0 Å². The summed E-state index contributed by atoms with van der Waals surface area (Å²) < 4.78 is 5.33. The third-order valence-corrected chi connectivity index (χ3v) is 2.79. The Bertz CT molecular complexity index is 295. The third-order valence-electron chi connectivity index (χ3n) is 2.79. The molecule has 0 bridgehead atoms. The van der Waals surface area contributed by atoms with Crippen molar-refractivity contribution in [2.24, 2.45) is 5.92 Å². The molecule has 0 aliphatic carbocycles. The molecule has 0 spiro atoms. The Morgan fingerprint density at radius 3 is 3.21 bits per heavy atom. The summed E-state index contributed by atoms with van der Waals surface area (Å²) >= 11 is 0. The van der Waals surface area contributed by atoms with Crippen LogP contribution in [0, 0.1) is 5.92 Å². The van der Waals surface area contributed by atoms with Crippen molar-refractivity contribution in [3.8, 4) is 0 Å². The fourth-order valence-corrected chi connectivity index (χ4v) is 1.82. The average molecular weight is 192 g/mol. The van der Waals surface area contributed by atoms with Crippen LogP contribution < -0.4 is 5.73 Å². The number of aromatic nitrogens is 1. The molecule has 3 nitrogen and oxygen atoms in total. The van der Waals surface area contributed by atoms with Gasteiger partial charge >= 0.3 is 0 Å². The first-order valence-electron chi connectivity index (χ1n) is 5.12. The smallest absolute Gasteiger partial charge is 0.0495 e. The fourth-order valence-electron chi connectivity index (χ4n) is 1.82. The highest BCUT2D eigenvalue weighted by Crippen LogP contribution is 2.20. The zero-order chi connectivity index (χ0) is 9.80. The summed E-state index contributed by atoms with van der Waals surface area (Å²) in [4.78, 5) is 4.08. The van der Waals surface area contributed by atoms with Gasteiger partial charge in [0.05, 0.1) is 0 Å². The summed E-state index contributed by atoms with van der Waals surface area (Å²) in [5.74, 6) is 0.717. The number of aryl methyl sites for hydroxylation is 1. The van der Waals surface area contributed by atoms with Crippen molar-refractivity contribution in [2.75, 3.05) is 18.9 Å². The molecule has 0 amide bonds. The van der Waals surface area contributed by atoms with Crippen LogP contribution in [0.5, 0.6) is 0 Å². The van der Waals surface area contributed by atoms with Gasteiger partial charge in [-0.2, -0.15) is 0 Å². The van der Waals surface area contributed by atoms with Crippen LogP contribution >= 0.6 is 0 Å². The van der Waals surface area contributed by atoms with Gasteiger partial charge in [0, 0.05) is 31.3 Å². The molecule has 2 heterocycles. The molecular weight excluding hydrogens is 176 g/mol. The largest absolute Gasteiger partial charge is 0.398 e. The molecule has 0 radical (unpaired) electrons. The number of anilines is 1. The van der Waals surface area contributed by atoms with Crippen LogP contribution in [0.3, 0.4) is 0 Å². The molecule has 1 fully saturated rings. The Hall–Kier alpha value is -1.09. The lowest BCUT2D eigenvalue weighted by Gasteiger charge is -2.08. The lowest BCUT2D eigenvalue weighted by Crippen LogP contribution is -2.03. The van der Waals surface area contributed by atoms with Gasteiger partial charge in [-0.25, -0.2) is 0 Å². The van der Waals surface area contributed by atoms with Crippen molar-refractivity contribution in [2.45, 2.75) is 19.3 Å². The summed E-state index contributed by atoms with van der Waals surface area (Å²) in [6, 6.07) is 1.86. The minimum absolute atomic E-state index is 0.717. The van der Waals surface area contributed by atoms with E-state index in [-0.39, 0.29) is 0 Å². The van der Waals surface area contributed by atoms with E-state index < -0.39 is 0 Å². The second-order valence-corrected chi connectivity index (χ2v) is 3.84. The van der Waals surface area contributed by atoms with Crippen LogP contribution in [-0.2, 0) is 11.2 Å². The van der Waals surface area contributed by atoms with Gasteiger partial charge in [-0.3, -0.25) is 4.98 Å². The van der Waals surface area contributed by atoms with E-state index in [2.05, 4.69) is 4.98 Å². The first-order chi connectivity index (χ1) is 6.86. The lowest BCUT2D eigenvalue weighted by atomic mass is 9.99. The number of nitrogens with two attached hydrogens (primary N) is 1. The van der Waals surface area contributed by atoms with Crippen molar-refractivity contribution in [3.05, 3.63) is 24.0 Å².